The maximum atomic E-state index is 12.4. The van der Waals surface area contributed by atoms with Crippen molar-refractivity contribution in [2.24, 2.45) is 17.8 Å². The van der Waals surface area contributed by atoms with Crippen LogP contribution in [0.1, 0.15) is 37.3 Å². The lowest BCUT2D eigenvalue weighted by atomic mass is 10.0. The van der Waals surface area contributed by atoms with Gasteiger partial charge in [-0.2, -0.15) is 4.31 Å². The topological polar surface area (TPSA) is 109 Å². The summed E-state index contributed by atoms with van der Waals surface area (Å²) in [5.74, 6) is 2.66. The number of sulfonamides is 1. The summed E-state index contributed by atoms with van der Waals surface area (Å²) in [6.45, 7) is 5.56. The van der Waals surface area contributed by atoms with Gasteiger partial charge in [0.2, 0.25) is 16.0 Å². The lowest BCUT2D eigenvalue weighted by Gasteiger charge is -2.26. The summed E-state index contributed by atoms with van der Waals surface area (Å²) in [4.78, 5) is 16.1. The summed E-state index contributed by atoms with van der Waals surface area (Å²) in [6, 6.07) is 6.22. The van der Waals surface area contributed by atoms with E-state index in [4.69, 9.17) is 9.84 Å². The van der Waals surface area contributed by atoms with Gasteiger partial charge in [-0.3, -0.25) is 0 Å². The van der Waals surface area contributed by atoms with Gasteiger partial charge in [-0.25, -0.2) is 23.4 Å². The Balaban J connectivity index is 1.02. The first-order valence-corrected chi connectivity index (χ1v) is 16.2. The van der Waals surface area contributed by atoms with Crippen molar-refractivity contribution < 1.29 is 18.3 Å². The van der Waals surface area contributed by atoms with Crippen molar-refractivity contribution in [2.45, 2.75) is 32.6 Å². The van der Waals surface area contributed by atoms with Crippen LogP contribution < -0.4 is 9.64 Å². The molecule has 39 heavy (non-hydrogen) atoms. The smallest absolute Gasteiger partial charge is 0.274 e. The van der Waals surface area contributed by atoms with Crippen molar-refractivity contribution in [1.29, 1.82) is 0 Å². The molecule has 6 rings (SSSR count). The minimum absolute atomic E-state index is 0.00971. The number of fused-ring (bicyclic) bond motifs is 2. The van der Waals surface area contributed by atoms with Crippen molar-refractivity contribution in [3.8, 4) is 5.19 Å². The molecule has 0 bridgehead atoms. The second kappa shape index (κ2) is 11.1. The zero-order chi connectivity index (χ0) is 27.0. The van der Waals surface area contributed by atoms with E-state index < -0.39 is 10.0 Å². The first-order valence-electron chi connectivity index (χ1n) is 13.8. The van der Waals surface area contributed by atoms with Gasteiger partial charge in [-0.15, -0.1) is 0 Å². The number of aliphatic hydroxyl groups excluding tert-OH is 1. The highest BCUT2D eigenvalue weighted by atomic mass is 32.2. The Labute approximate surface area is 233 Å². The summed E-state index contributed by atoms with van der Waals surface area (Å²) < 4.78 is 33.6. The van der Waals surface area contributed by atoms with Crippen molar-refractivity contribution in [2.75, 3.05) is 50.0 Å². The molecule has 2 aromatic heterocycles. The maximum Gasteiger partial charge on any atom is 0.274 e. The standard InChI is InChI=1S/C28H35N5O4S2/c1-2-4-19-14-29-27(30-15-19)32-16-22-23(17-32)24(22)18-37-28-31-25-6-5-21(13-26(25)38-28)20-7-9-33(10-8-20)39(35,36)12-3-11-34/h5-7,13-15,22-24,34H,2-4,8-12,16-18H2,1H3/t22-,23+,24?. The highest BCUT2D eigenvalue weighted by molar-refractivity contribution is 7.89. The van der Waals surface area contributed by atoms with Gasteiger partial charge in [0.15, 0.2) is 0 Å². The van der Waals surface area contributed by atoms with Crippen LogP contribution in [0.3, 0.4) is 0 Å². The molecule has 0 amide bonds. The highest BCUT2D eigenvalue weighted by Gasteiger charge is 2.56. The Morgan fingerprint density at radius 2 is 1.97 bits per heavy atom. The number of anilines is 1. The zero-order valence-corrected chi connectivity index (χ0v) is 23.8. The van der Waals surface area contributed by atoms with Gasteiger partial charge < -0.3 is 14.7 Å². The fourth-order valence-corrected chi connectivity index (χ4v) is 8.15. The Kier molecular flexibility index (Phi) is 7.58. The molecular weight excluding hydrogens is 534 g/mol. The van der Waals surface area contributed by atoms with E-state index in [2.05, 4.69) is 38.9 Å². The molecule has 0 spiro atoms. The average Bonchev–Trinajstić information content (AvgIpc) is 3.26. The predicted molar refractivity (Wildman–Crippen MR) is 153 cm³/mol. The number of aryl methyl sites for hydroxylation is 1. The van der Waals surface area contributed by atoms with E-state index in [0.717, 1.165) is 53.2 Å². The fraction of sp³-hybridized carbons (Fsp3) is 0.536. The SMILES string of the molecule is CCCc1cnc(N2C[C@@H]3C(COc4nc5ccc(C6=CCN(S(=O)(=O)CCCO)CC6)cc5s4)[C@@H]3C2)nc1. The van der Waals surface area contributed by atoms with Crippen LogP contribution in [0.4, 0.5) is 5.95 Å². The Morgan fingerprint density at radius 1 is 1.18 bits per heavy atom. The molecule has 208 valence electrons. The van der Waals surface area contributed by atoms with Crippen molar-refractivity contribution in [3.63, 3.8) is 0 Å². The summed E-state index contributed by atoms with van der Waals surface area (Å²) >= 11 is 1.57. The molecule has 2 fully saturated rings. The van der Waals surface area contributed by atoms with E-state index in [0.29, 0.717) is 49.1 Å². The van der Waals surface area contributed by atoms with Crippen LogP contribution in [-0.2, 0) is 16.4 Å². The third-order valence-corrected chi connectivity index (χ3v) is 11.0. The van der Waals surface area contributed by atoms with Crippen LogP contribution in [0.15, 0.2) is 36.7 Å². The van der Waals surface area contributed by atoms with Gasteiger partial charge in [-0.05, 0) is 59.9 Å². The molecule has 0 radical (unpaired) electrons. The van der Waals surface area contributed by atoms with Gasteiger partial charge in [0.1, 0.15) is 0 Å². The summed E-state index contributed by atoms with van der Waals surface area (Å²) in [5, 5.41) is 9.67. The molecule has 1 aromatic carbocycles. The molecule has 9 nitrogen and oxygen atoms in total. The summed E-state index contributed by atoms with van der Waals surface area (Å²) in [6.07, 6.45) is 8.98. The van der Waals surface area contributed by atoms with E-state index in [-0.39, 0.29) is 18.8 Å². The van der Waals surface area contributed by atoms with E-state index in [9.17, 15) is 8.42 Å². The molecule has 1 unspecified atom stereocenters. The van der Waals surface area contributed by atoms with Crippen LogP contribution in [0.2, 0.25) is 0 Å². The number of ether oxygens (including phenoxy) is 1. The van der Waals surface area contributed by atoms with E-state index in [1.807, 2.05) is 24.5 Å². The third kappa shape index (κ3) is 5.68. The van der Waals surface area contributed by atoms with Crippen LogP contribution in [-0.4, -0.2) is 77.9 Å². The molecule has 1 saturated carbocycles. The molecule has 3 aromatic rings. The predicted octanol–water partition coefficient (Wildman–Crippen LogP) is 3.60. The number of rotatable bonds is 11. The Bertz CT molecular complexity index is 1440. The second-order valence-electron chi connectivity index (χ2n) is 10.7. The van der Waals surface area contributed by atoms with Crippen LogP contribution in [0.25, 0.3) is 15.8 Å². The average molecular weight is 570 g/mol. The number of hydrogen-bond donors (Lipinski definition) is 1. The molecule has 3 aliphatic rings. The molecule has 2 aliphatic heterocycles. The van der Waals surface area contributed by atoms with E-state index in [1.54, 1.807) is 11.3 Å². The van der Waals surface area contributed by atoms with Gasteiger partial charge in [0, 0.05) is 51.1 Å². The van der Waals surface area contributed by atoms with Crippen molar-refractivity contribution >= 4 is 43.1 Å². The van der Waals surface area contributed by atoms with Gasteiger partial charge in [-0.1, -0.05) is 36.8 Å². The normalized spacial score (nSPS) is 23.2. The Morgan fingerprint density at radius 3 is 2.67 bits per heavy atom. The van der Waals surface area contributed by atoms with Gasteiger partial charge in [0.05, 0.1) is 22.6 Å². The number of thiazole rings is 1. The second-order valence-corrected chi connectivity index (χ2v) is 13.8. The largest absolute Gasteiger partial charge is 0.470 e. The first kappa shape index (κ1) is 26.6. The lowest BCUT2D eigenvalue weighted by molar-refractivity contribution is 0.282. The lowest BCUT2D eigenvalue weighted by Crippen LogP contribution is -2.36. The fourth-order valence-electron chi connectivity index (χ4n) is 5.86. The van der Waals surface area contributed by atoms with Crippen LogP contribution >= 0.6 is 11.3 Å². The summed E-state index contributed by atoms with van der Waals surface area (Å²) in [7, 11) is -3.32. The van der Waals surface area contributed by atoms with Crippen molar-refractivity contribution in [3.05, 3.63) is 47.8 Å². The molecule has 1 N–H and O–H groups in total. The Hall–Kier alpha value is -2.60. The molecule has 1 aliphatic carbocycles. The maximum absolute atomic E-state index is 12.4. The number of aliphatic hydroxyl groups is 1. The molecule has 3 atom stereocenters. The monoisotopic (exact) mass is 569 g/mol. The number of hydrogen-bond acceptors (Lipinski definition) is 9. The van der Waals surface area contributed by atoms with Crippen LogP contribution in [0, 0.1) is 17.8 Å². The molecule has 1 saturated heterocycles. The highest BCUT2D eigenvalue weighted by Crippen LogP contribution is 2.52. The molecule has 11 heteroatoms. The van der Waals surface area contributed by atoms with Gasteiger partial charge >= 0.3 is 0 Å². The van der Waals surface area contributed by atoms with E-state index >= 15 is 0 Å². The van der Waals surface area contributed by atoms with Gasteiger partial charge in [0.25, 0.3) is 5.19 Å². The zero-order valence-electron chi connectivity index (χ0n) is 22.2. The summed E-state index contributed by atoms with van der Waals surface area (Å²) in [5.41, 5.74) is 4.38. The van der Waals surface area contributed by atoms with E-state index in [1.165, 1.54) is 9.87 Å². The molecular formula is C28H35N5O4S2. The third-order valence-electron chi connectivity index (χ3n) is 8.15. The number of nitrogens with zero attached hydrogens (tertiary/aromatic N) is 5. The van der Waals surface area contributed by atoms with Crippen molar-refractivity contribution in [1.82, 2.24) is 19.3 Å². The quantitative estimate of drug-likeness (QED) is 0.373. The number of aromatic nitrogens is 3. The minimum atomic E-state index is -3.32. The number of benzene rings is 1. The minimum Gasteiger partial charge on any atom is -0.470 e. The molecule has 4 heterocycles. The first-order chi connectivity index (χ1) is 18.9. The van der Waals surface area contributed by atoms with Crippen LogP contribution in [0.5, 0.6) is 5.19 Å². The number of piperidine rings is 1.